The number of benzene rings is 3. The maximum atomic E-state index is 12.9. The standard InChI is InChI=1S/C25H19F3O3/c26-25(27,28)18-7-3-14(4-8-18)20-11-12-21(23-17-2-1-16(13-17)22(20)23)31-24(30)15-5-9-19(29)10-6-15/h3-12,16-17,29H,1-2,13H2. The van der Waals surface area contributed by atoms with Gasteiger partial charge in [0.15, 0.2) is 0 Å². The average Bonchev–Trinajstić information content (AvgIpc) is 3.37. The Morgan fingerprint density at radius 3 is 2.16 bits per heavy atom. The number of hydrogen-bond acceptors (Lipinski definition) is 3. The second-order valence-electron chi connectivity index (χ2n) is 8.16. The predicted octanol–water partition coefficient (Wildman–Crippen LogP) is 6.66. The minimum absolute atomic E-state index is 0.0654. The molecule has 3 aromatic carbocycles. The summed E-state index contributed by atoms with van der Waals surface area (Å²) in [6.07, 6.45) is -1.36. The molecule has 2 atom stereocenters. The number of phenols is 1. The van der Waals surface area contributed by atoms with Crippen LogP contribution in [0.1, 0.15) is 58.1 Å². The maximum absolute atomic E-state index is 12.9. The van der Waals surface area contributed by atoms with Crippen molar-refractivity contribution in [3.63, 3.8) is 0 Å². The fourth-order valence-electron chi connectivity index (χ4n) is 4.92. The van der Waals surface area contributed by atoms with Crippen LogP contribution in [0.2, 0.25) is 0 Å². The van der Waals surface area contributed by atoms with Gasteiger partial charge in [0, 0.05) is 5.56 Å². The van der Waals surface area contributed by atoms with Gasteiger partial charge in [0.1, 0.15) is 11.5 Å². The van der Waals surface area contributed by atoms with Gasteiger partial charge in [-0.3, -0.25) is 0 Å². The van der Waals surface area contributed by atoms with E-state index in [2.05, 4.69) is 0 Å². The first-order valence-electron chi connectivity index (χ1n) is 10.2. The zero-order valence-corrected chi connectivity index (χ0v) is 16.4. The van der Waals surface area contributed by atoms with Crippen LogP contribution < -0.4 is 4.74 Å². The highest BCUT2D eigenvalue weighted by Gasteiger charge is 2.41. The third-order valence-electron chi connectivity index (χ3n) is 6.33. The third kappa shape index (κ3) is 3.46. The number of fused-ring (bicyclic) bond motifs is 5. The van der Waals surface area contributed by atoms with Crippen molar-refractivity contribution in [2.24, 2.45) is 0 Å². The van der Waals surface area contributed by atoms with Crippen molar-refractivity contribution >= 4 is 5.97 Å². The topological polar surface area (TPSA) is 46.5 Å². The lowest BCUT2D eigenvalue weighted by molar-refractivity contribution is -0.137. The molecule has 0 heterocycles. The Hall–Kier alpha value is -3.28. The Kier molecular flexibility index (Phi) is 4.54. The number of phenolic OH excluding ortho intramolecular Hbond substituents is 1. The SMILES string of the molecule is O=C(Oc1ccc(-c2ccc(C(F)(F)F)cc2)c2c1C1CCC2C1)c1ccc(O)cc1. The lowest BCUT2D eigenvalue weighted by atomic mass is 9.85. The summed E-state index contributed by atoms with van der Waals surface area (Å²) in [6.45, 7) is 0. The van der Waals surface area contributed by atoms with Gasteiger partial charge in [0.25, 0.3) is 0 Å². The molecule has 1 saturated carbocycles. The molecule has 2 bridgehead atoms. The van der Waals surface area contributed by atoms with Gasteiger partial charge in [-0.2, -0.15) is 13.2 Å². The third-order valence-corrected chi connectivity index (χ3v) is 6.33. The van der Waals surface area contributed by atoms with Gasteiger partial charge in [0.05, 0.1) is 11.1 Å². The summed E-state index contributed by atoms with van der Waals surface area (Å²) < 4.78 is 44.5. The molecule has 0 aromatic heterocycles. The zero-order valence-electron chi connectivity index (χ0n) is 16.4. The van der Waals surface area contributed by atoms with Gasteiger partial charge in [-0.15, -0.1) is 0 Å². The van der Waals surface area contributed by atoms with Crippen molar-refractivity contribution in [3.8, 4) is 22.6 Å². The molecule has 3 nitrogen and oxygen atoms in total. The van der Waals surface area contributed by atoms with E-state index in [-0.39, 0.29) is 11.7 Å². The number of esters is 1. The molecule has 31 heavy (non-hydrogen) atoms. The minimum atomic E-state index is -4.37. The average molecular weight is 424 g/mol. The van der Waals surface area contributed by atoms with Crippen molar-refractivity contribution in [2.75, 3.05) is 0 Å². The molecule has 158 valence electrons. The first-order chi connectivity index (χ1) is 14.8. The quantitative estimate of drug-likeness (QED) is 0.378. The lowest BCUT2D eigenvalue weighted by Crippen LogP contribution is -2.12. The number of alkyl halides is 3. The van der Waals surface area contributed by atoms with E-state index in [1.165, 1.54) is 36.4 Å². The highest BCUT2D eigenvalue weighted by atomic mass is 19.4. The molecule has 0 saturated heterocycles. The van der Waals surface area contributed by atoms with E-state index >= 15 is 0 Å². The van der Waals surface area contributed by atoms with Crippen LogP contribution >= 0.6 is 0 Å². The number of hydrogen-bond donors (Lipinski definition) is 1. The molecule has 1 fully saturated rings. The van der Waals surface area contributed by atoms with E-state index < -0.39 is 17.7 Å². The van der Waals surface area contributed by atoms with Crippen molar-refractivity contribution in [3.05, 3.63) is 82.9 Å². The monoisotopic (exact) mass is 424 g/mol. The second-order valence-corrected chi connectivity index (χ2v) is 8.16. The summed E-state index contributed by atoms with van der Waals surface area (Å²) in [4.78, 5) is 12.6. The van der Waals surface area contributed by atoms with Crippen LogP contribution in [0.25, 0.3) is 11.1 Å². The van der Waals surface area contributed by atoms with Gasteiger partial charge in [-0.05, 0) is 90.3 Å². The normalized spacial score (nSPS) is 19.3. The Balaban J connectivity index is 1.52. The predicted molar refractivity (Wildman–Crippen MR) is 109 cm³/mol. The largest absolute Gasteiger partial charge is 0.508 e. The van der Waals surface area contributed by atoms with Gasteiger partial charge in [-0.25, -0.2) is 4.79 Å². The van der Waals surface area contributed by atoms with Crippen LogP contribution in [0.5, 0.6) is 11.5 Å². The van der Waals surface area contributed by atoms with E-state index in [9.17, 15) is 23.1 Å². The van der Waals surface area contributed by atoms with Crippen LogP contribution in [0.3, 0.4) is 0 Å². The molecular formula is C25H19F3O3. The molecule has 2 aliphatic carbocycles. The fraction of sp³-hybridized carbons (Fsp3) is 0.240. The Bertz CT molecular complexity index is 1150. The van der Waals surface area contributed by atoms with E-state index in [0.717, 1.165) is 53.6 Å². The molecular weight excluding hydrogens is 405 g/mol. The van der Waals surface area contributed by atoms with Gasteiger partial charge < -0.3 is 9.84 Å². The summed E-state index contributed by atoms with van der Waals surface area (Å²) >= 11 is 0. The fourth-order valence-corrected chi connectivity index (χ4v) is 4.92. The van der Waals surface area contributed by atoms with E-state index in [4.69, 9.17) is 4.74 Å². The number of halogens is 3. The molecule has 0 amide bonds. The Labute approximate surface area is 177 Å². The molecule has 1 N–H and O–H groups in total. The highest BCUT2D eigenvalue weighted by Crippen LogP contribution is 2.58. The first kappa shape index (κ1) is 19.7. The van der Waals surface area contributed by atoms with Crippen LogP contribution in [0.15, 0.2) is 60.7 Å². The van der Waals surface area contributed by atoms with Crippen molar-refractivity contribution in [2.45, 2.75) is 37.3 Å². The van der Waals surface area contributed by atoms with Crippen molar-refractivity contribution < 1.29 is 27.8 Å². The molecule has 2 aliphatic rings. The number of carbonyl (C=O) groups is 1. The van der Waals surface area contributed by atoms with Crippen molar-refractivity contribution in [1.82, 2.24) is 0 Å². The maximum Gasteiger partial charge on any atom is 0.416 e. The first-order valence-corrected chi connectivity index (χ1v) is 10.2. The molecule has 2 unspecified atom stereocenters. The van der Waals surface area contributed by atoms with E-state index in [0.29, 0.717) is 17.2 Å². The minimum Gasteiger partial charge on any atom is -0.508 e. The molecule has 5 rings (SSSR count). The number of carbonyl (C=O) groups excluding carboxylic acids is 1. The number of ether oxygens (including phenoxy) is 1. The van der Waals surface area contributed by atoms with Gasteiger partial charge in [-0.1, -0.05) is 18.2 Å². The lowest BCUT2D eigenvalue weighted by Gasteiger charge is -2.22. The summed E-state index contributed by atoms with van der Waals surface area (Å²) in [5.74, 6) is 0.681. The molecule has 3 aromatic rings. The van der Waals surface area contributed by atoms with Gasteiger partial charge >= 0.3 is 12.1 Å². The van der Waals surface area contributed by atoms with Crippen LogP contribution in [-0.4, -0.2) is 11.1 Å². The smallest absolute Gasteiger partial charge is 0.416 e. The van der Waals surface area contributed by atoms with Crippen LogP contribution in [-0.2, 0) is 6.18 Å². The van der Waals surface area contributed by atoms with E-state index in [1.54, 1.807) is 6.07 Å². The summed E-state index contributed by atoms with van der Waals surface area (Å²) in [5.41, 5.74) is 3.39. The molecule has 6 heteroatoms. The van der Waals surface area contributed by atoms with Crippen LogP contribution in [0.4, 0.5) is 13.2 Å². The molecule has 0 spiro atoms. The number of rotatable bonds is 3. The van der Waals surface area contributed by atoms with Gasteiger partial charge in [0.2, 0.25) is 0 Å². The Morgan fingerprint density at radius 1 is 0.871 bits per heavy atom. The summed E-state index contributed by atoms with van der Waals surface area (Å²) in [7, 11) is 0. The molecule has 0 radical (unpaired) electrons. The summed E-state index contributed by atoms with van der Waals surface area (Å²) in [6, 6.07) is 14.7. The summed E-state index contributed by atoms with van der Waals surface area (Å²) in [5, 5.41) is 9.41. The second kappa shape index (κ2) is 7.15. The van der Waals surface area contributed by atoms with Crippen molar-refractivity contribution in [1.29, 1.82) is 0 Å². The van der Waals surface area contributed by atoms with Crippen LogP contribution in [0, 0.1) is 0 Å². The highest BCUT2D eigenvalue weighted by molar-refractivity contribution is 5.91. The molecule has 0 aliphatic heterocycles. The van der Waals surface area contributed by atoms with E-state index in [1.807, 2.05) is 6.07 Å². The Morgan fingerprint density at radius 2 is 1.52 bits per heavy atom. The zero-order chi connectivity index (χ0) is 21.8. The number of aromatic hydroxyl groups is 1.